The summed E-state index contributed by atoms with van der Waals surface area (Å²) in [4.78, 5) is 23.8. The second kappa shape index (κ2) is 8.36. The van der Waals surface area contributed by atoms with Gasteiger partial charge in [-0.2, -0.15) is 0 Å². The molecule has 5 nitrogen and oxygen atoms in total. The highest BCUT2D eigenvalue weighted by Gasteiger charge is 2.15. The van der Waals surface area contributed by atoms with Crippen molar-refractivity contribution >= 4 is 23.5 Å². The number of benzene rings is 2. The fourth-order valence-electron chi connectivity index (χ4n) is 2.09. The zero-order valence-electron chi connectivity index (χ0n) is 13.4. The molecule has 0 bridgehead atoms. The predicted octanol–water partition coefficient (Wildman–Crippen LogP) is 3.38. The van der Waals surface area contributed by atoms with Crippen molar-refractivity contribution < 1.29 is 19.1 Å². The van der Waals surface area contributed by atoms with Gasteiger partial charge >= 0.3 is 5.97 Å². The Hall–Kier alpha value is -2.53. The van der Waals surface area contributed by atoms with Crippen molar-refractivity contribution in [2.24, 2.45) is 0 Å². The van der Waals surface area contributed by atoms with Crippen molar-refractivity contribution in [3.05, 3.63) is 64.7 Å². The SMILES string of the molecule is COc1ccc([C@H](C)NC(=O)COC(=O)c2ccccc2Cl)cc1. The van der Waals surface area contributed by atoms with Gasteiger partial charge in [0.05, 0.1) is 23.7 Å². The second-order valence-electron chi connectivity index (χ2n) is 5.12. The maximum Gasteiger partial charge on any atom is 0.340 e. The molecule has 126 valence electrons. The zero-order valence-corrected chi connectivity index (χ0v) is 14.2. The molecule has 2 aromatic rings. The third-order valence-corrected chi connectivity index (χ3v) is 3.75. The van der Waals surface area contributed by atoms with Crippen molar-refractivity contribution in [2.45, 2.75) is 13.0 Å². The Balaban J connectivity index is 1.86. The molecule has 0 fully saturated rings. The Morgan fingerprint density at radius 2 is 1.79 bits per heavy atom. The van der Waals surface area contributed by atoms with Crippen LogP contribution in [0.5, 0.6) is 5.75 Å². The van der Waals surface area contributed by atoms with Gasteiger partial charge in [0.2, 0.25) is 0 Å². The van der Waals surface area contributed by atoms with E-state index in [9.17, 15) is 9.59 Å². The van der Waals surface area contributed by atoms with Crippen LogP contribution in [0.15, 0.2) is 48.5 Å². The van der Waals surface area contributed by atoms with Crippen molar-refractivity contribution in [1.29, 1.82) is 0 Å². The molecule has 0 heterocycles. The number of hydrogen-bond donors (Lipinski definition) is 1. The summed E-state index contributed by atoms with van der Waals surface area (Å²) in [6.45, 7) is 1.47. The fraction of sp³-hybridized carbons (Fsp3) is 0.222. The molecule has 0 aliphatic carbocycles. The lowest BCUT2D eigenvalue weighted by atomic mass is 10.1. The summed E-state index contributed by atoms with van der Waals surface area (Å²) in [5.74, 6) is -0.280. The highest BCUT2D eigenvalue weighted by Crippen LogP contribution is 2.18. The average molecular weight is 348 g/mol. The van der Waals surface area contributed by atoms with Gasteiger partial charge in [-0.3, -0.25) is 4.79 Å². The van der Waals surface area contributed by atoms with E-state index in [-0.39, 0.29) is 23.2 Å². The lowest BCUT2D eigenvalue weighted by Gasteiger charge is -2.15. The molecule has 0 aliphatic rings. The summed E-state index contributed by atoms with van der Waals surface area (Å²) in [5.41, 5.74) is 1.15. The van der Waals surface area contributed by atoms with Gasteiger partial charge in [0.1, 0.15) is 5.75 Å². The highest BCUT2D eigenvalue weighted by molar-refractivity contribution is 6.33. The molecule has 2 aromatic carbocycles. The highest BCUT2D eigenvalue weighted by atomic mass is 35.5. The quantitative estimate of drug-likeness (QED) is 0.813. The van der Waals surface area contributed by atoms with Crippen molar-refractivity contribution in [1.82, 2.24) is 5.32 Å². The van der Waals surface area contributed by atoms with Crippen LogP contribution in [0.1, 0.15) is 28.9 Å². The fourth-order valence-corrected chi connectivity index (χ4v) is 2.31. The second-order valence-corrected chi connectivity index (χ2v) is 5.53. The average Bonchev–Trinajstić information content (AvgIpc) is 2.60. The summed E-state index contributed by atoms with van der Waals surface area (Å²) in [6, 6.07) is 13.6. The zero-order chi connectivity index (χ0) is 17.5. The lowest BCUT2D eigenvalue weighted by molar-refractivity contribution is -0.124. The van der Waals surface area contributed by atoms with E-state index in [1.807, 2.05) is 31.2 Å². The van der Waals surface area contributed by atoms with Crippen LogP contribution in [-0.4, -0.2) is 25.6 Å². The molecule has 2 rings (SSSR count). The number of esters is 1. The molecule has 1 atom stereocenters. The number of rotatable bonds is 6. The van der Waals surface area contributed by atoms with Gasteiger partial charge in [0.15, 0.2) is 6.61 Å². The Morgan fingerprint density at radius 3 is 2.42 bits per heavy atom. The third kappa shape index (κ3) is 4.73. The number of carbonyl (C=O) groups is 2. The van der Waals surface area contributed by atoms with Gasteiger partial charge in [-0.1, -0.05) is 35.9 Å². The van der Waals surface area contributed by atoms with E-state index in [1.54, 1.807) is 31.4 Å². The summed E-state index contributed by atoms with van der Waals surface area (Å²) in [6.07, 6.45) is 0. The molecule has 24 heavy (non-hydrogen) atoms. The molecule has 1 amide bonds. The molecule has 6 heteroatoms. The smallest absolute Gasteiger partial charge is 0.340 e. The molecular weight excluding hydrogens is 330 g/mol. The van der Waals surface area contributed by atoms with Crippen LogP contribution in [0, 0.1) is 0 Å². The van der Waals surface area contributed by atoms with Gasteiger partial charge in [-0.05, 0) is 36.8 Å². The number of halogens is 1. The summed E-state index contributed by atoms with van der Waals surface area (Å²) >= 11 is 5.91. The van der Waals surface area contributed by atoms with Crippen LogP contribution < -0.4 is 10.1 Å². The minimum absolute atomic E-state index is 0.220. The van der Waals surface area contributed by atoms with Crippen LogP contribution in [0.3, 0.4) is 0 Å². The summed E-state index contributed by atoms with van der Waals surface area (Å²) in [5, 5.41) is 3.05. The van der Waals surface area contributed by atoms with Crippen LogP contribution in [0.4, 0.5) is 0 Å². The van der Waals surface area contributed by atoms with Crippen LogP contribution >= 0.6 is 11.6 Å². The minimum atomic E-state index is -0.632. The van der Waals surface area contributed by atoms with Crippen LogP contribution in [0.2, 0.25) is 5.02 Å². The van der Waals surface area contributed by atoms with E-state index in [4.69, 9.17) is 21.1 Å². The predicted molar refractivity (Wildman–Crippen MR) is 91.3 cm³/mol. The van der Waals surface area contributed by atoms with E-state index in [1.165, 1.54) is 0 Å². The molecule has 0 saturated heterocycles. The first-order valence-corrected chi connectivity index (χ1v) is 7.74. The van der Waals surface area contributed by atoms with E-state index in [0.29, 0.717) is 0 Å². The van der Waals surface area contributed by atoms with Gasteiger partial charge in [-0.25, -0.2) is 4.79 Å². The number of ether oxygens (including phenoxy) is 2. The minimum Gasteiger partial charge on any atom is -0.497 e. The van der Waals surface area contributed by atoms with Crippen molar-refractivity contribution in [3.63, 3.8) is 0 Å². The number of methoxy groups -OCH3 is 1. The first-order chi connectivity index (χ1) is 11.5. The van der Waals surface area contributed by atoms with Gasteiger partial charge < -0.3 is 14.8 Å². The van der Waals surface area contributed by atoms with Crippen LogP contribution in [-0.2, 0) is 9.53 Å². The lowest BCUT2D eigenvalue weighted by Crippen LogP contribution is -2.31. The van der Waals surface area contributed by atoms with Gasteiger partial charge in [0.25, 0.3) is 5.91 Å². The molecule has 0 spiro atoms. The summed E-state index contributed by atoms with van der Waals surface area (Å²) in [7, 11) is 1.59. The topological polar surface area (TPSA) is 64.6 Å². The van der Waals surface area contributed by atoms with Crippen molar-refractivity contribution in [3.8, 4) is 5.75 Å². The molecule has 0 unspecified atom stereocenters. The Kier molecular flexibility index (Phi) is 6.21. The van der Waals surface area contributed by atoms with E-state index < -0.39 is 11.9 Å². The maximum atomic E-state index is 11.9. The maximum absolute atomic E-state index is 11.9. The third-order valence-electron chi connectivity index (χ3n) is 3.42. The normalized spacial score (nSPS) is 11.5. The Bertz CT molecular complexity index is 715. The van der Waals surface area contributed by atoms with E-state index in [2.05, 4.69) is 5.32 Å². The number of carbonyl (C=O) groups excluding carboxylic acids is 2. The molecule has 1 N–H and O–H groups in total. The molecule has 0 aromatic heterocycles. The molecule has 0 radical (unpaired) electrons. The van der Waals surface area contributed by atoms with E-state index >= 15 is 0 Å². The van der Waals surface area contributed by atoms with Crippen LogP contribution in [0.25, 0.3) is 0 Å². The van der Waals surface area contributed by atoms with Gasteiger partial charge in [-0.15, -0.1) is 0 Å². The van der Waals surface area contributed by atoms with Gasteiger partial charge in [0, 0.05) is 0 Å². The molecular formula is C18H18ClNO4. The standard InChI is InChI=1S/C18H18ClNO4/c1-12(13-7-9-14(23-2)10-8-13)20-17(21)11-24-18(22)15-5-3-4-6-16(15)19/h3-10,12H,11H2,1-2H3,(H,20,21)/t12-/m0/s1. The number of hydrogen-bond acceptors (Lipinski definition) is 4. The number of nitrogens with one attached hydrogen (secondary N) is 1. The first-order valence-electron chi connectivity index (χ1n) is 7.36. The summed E-state index contributed by atoms with van der Waals surface area (Å²) < 4.78 is 10.1. The molecule has 0 aliphatic heterocycles. The first kappa shape index (κ1) is 17.8. The Labute approximate surface area is 145 Å². The monoisotopic (exact) mass is 347 g/mol. The Morgan fingerprint density at radius 1 is 1.12 bits per heavy atom. The van der Waals surface area contributed by atoms with E-state index in [0.717, 1.165) is 11.3 Å². The number of amides is 1. The largest absolute Gasteiger partial charge is 0.497 e. The molecule has 0 saturated carbocycles. The van der Waals surface area contributed by atoms with Crippen molar-refractivity contribution in [2.75, 3.05) is 13.7 Å².